The van der Waals surface area contributed by atoms with Crippen molar-refractivity contribution in [3.05, 3.63) is 25.9 Å². The molecule has 0 aliphatic rings. The molecule has 0 amide bonds. The number of nitrogens with one attached hydrogen (secondary N) is 2. The number of hydrogen-bond donors (Lipinski definition) is 2. The molecule has 2 heterocycles. The zero-order valence-electron chi connectivity index (χ0n) is 5.67. The summed E-state index contributed by atoms with van der Waals surface area (Å²) in [6, 6.07) is 1.67. The van der Waals surface area contributed by atoms with Gasteiger partial charge in [0.05, 0.1) is 0 Å². The van der Waals surface area contributed by atoms with Crippen LogP contribution in [0, 0.1) is 4.77 Å². The zero-order valence-corrected chi connectivity index (χ0v) is 8.07. The van der Waals surface area contributed by atoms with Crippen LogP contribution in [0.4, 0.5) is 0 Å². The van der Waals surface area contributed by atoms with Crippen molar-refractivity contribution in [2.24, 2.45) is 0 Å². The number of aromatic amines is 2. The summed E-state index contributed by atoms with van der Waals surface area (Å²) >= 11 is 7.91. The molecular weight excluding hydrogens is 244 g/mol. The molecule has 0 fully saturated rings. The van der Waals surface area contributed by atoms with Crippen LogP contribution < -0.4 is 5.69 Å². The Morgan fingerprint density at radius 3 is 3.08 bits per heavy atom. The van der Waals surface area contributed by atoms with Crippen molar-refractivity contribution in [1.82, 2.24) is 19.6 Å². The molecule has 0 aliphatic heterocycles. The van der Waals surface area contributed by atoms with Crippen LogP contribution in [0.1, 0.15) is 0 Å². The first-order valence-electron chi connectivity index (χ1n) is 3.05. The van der Waals surface area contributed by atoms with Crippen molar-refractivity contribution in [3.63, 3.8) is 0 Å². The van der Waals surface area contributed by atoms with Gasteiger partial charge in [0.15, 0.2) is 4.77 Å². The van der Waals surface area contributed by atoms with Crippen molar-refractivity contribution in [3.8, 4) is 0 Å². The maximum atomic E-state index is 11.2. The van der Waals surface area contributed by atoms with Gasteiger partial charge >= 0.3 is 5.69 Å². The van der Waals surface area contributed by atoms with E-state index in [9.17, 15) is 4.79 Å². The maximum Gasteiger partial charge on any atom is 0.350 e. The van der Waals surface area contributed by atoms with E-state index in [1.165, 1.54) is 4.52 Å². The van der Waals surface area contributed by atoms with Crippen LogP contribution in [0.25, 0.3) is 5.65 Å². The second kappa shape index (κ2) is 2.53. The summed E-state index contributed by atoms with van der Waals surface area (Å²) in [5.74, 6) is 0. The quantitative estimate of drug-likeness (QED) is 0.678. The van der Waals surface area contributed by atoms with Crippen LogP contribution in [-0.4, -0.2) is 19.6 Å². The first-order chi connectivity index (χ1) is 5.66. The normalized spacial score (nSPS) is 10.8. The third kappa shape index (κ3) is 1.10. The second-order valence-electron chi connectivity index (χ2n) is 2.15. The highest BCUT2D eigenvalue weighted by molar-refractivity contribution is 9.10. The van der Waals surface area contributed by atoms with Gasteiger partial charge in [-0.2, -0.15) is 9.61 Å². The summed E-state index contributed by atoms with van der Waals surface area (Å²) in [6.07, 6.45) is 0. The number of aromatic nitrogens is 4. The van der Waals surface area contributed by atoms with Gasteiger partial charge in [-0.1, -0.05) is 0 Å². The van der Waals surface area contributed by atoms with Gasteiger partial charge < -0.3 is 4.98 Å². The minimum atomic E-state index is -0.348. The summed E-state index contributed by atoms with van der Waals surface area (Å²) in [5.41, 5.74) is 0.218. The van der Waals surface area contributed by atoms with Gasteiger partial charge in [0.2, 0.25) is 0 Å². The Labute approximate surface area is 79.6 Å². The molecule has 0 spiro atoms. The lowest BCUT2D eigenvalue weighted by Gasteiger charge is -1.89. The summed E-state index contributed by atoms with van der Waals surface area (Å²) in [7, 11) is 0. The Balaban J connectivity index is 3.08. The Bertz CT molecular complexity index is 538. The van der Waals surface area contributed by atoms with E-state index in [2.05, 4.69) is 31.0 Å². The van der Waals surface area contributed by atoms with Crippen molar-refractivity contribution in [2.45, 2.75) is 0 Å². The molecule has 12 heavy (non-hydrogen) atoms. The molecule has 0 unspecified atom stereocenters. The lowest BCUT2D eigenvalue weighted by Crippen LogP contribution is -2.18. The molecule has 2 aromatic heterocycles. The molecule has 2 rings (SSSR count). The van der Waals surface area contributed by atoms with Crippen molar-refractivity contribution < 1.29 is 0 Å². The lowest BCUT2D eigenvalue weighted by molar-refractivity contribution is 0.827. The van der Waals surface area contributed by atoms with Crippen molar-refractivity contribution >= 4 is 33.8 Å². The predicted octanol–water partition coefficient (Wildman–Crippen LogP) is 0.843. The molecule has 0 saturated heterocycles. The third-order valence-electron chi connectivity index (χ3n) is 1.33. The Hall–Kier alpha value is -0.950. The molecule has 0 aliphatic carbocycles. The third-order valence-corrected chi connectivity index (χ3v) is 1.93. The van der Waals surface area contributed by atoms with Gasteiger partial charge in [-0.05, 0) is 28.1 Å². The van der Waals surface area contributed by atoms with E-state index in [1.54, 1.807) is 6.07 Å². The molecule has 0 saturated carbocycles. The van der Waals surface area contributed by atoms with Gasteiger partial charge in [0.25, 0.3) is 0 Å². The number of halogens is 1. The molecule has 7 heteroatoms. The van der Waals surface area contributed by atoms with Crippen LogP contribution in [0.2, 0.25) is 0 Å². The van der Waals surface area contributed by atoms with Crippen LogP contribution in [0.15, 0.2) is 15.5 Å². The van der Waals surface area contributed by atoms with Gasteiger partial charge in [-0.3, -0.25) is 4.98 Å². The number of fused-ring (bicyclic) bond motifs is 1. The molecule has 0 radical (unpaired) electrons. The number of nitrogens with zero attached hydrogens (tertiary/aromatic N) is 2. The molecule has 2 aromatic rings. The van der Waals surface area contributed by atoms with Crippen molar-refractivity contribution in [2.75, 3.05) is 0 Å². The largest absolute Gasteiger partial charge is 0.350 e. The Morgan fingerprint density at radius 2 is 2.33 bits per heavy atom. The topological polar surface area (TPSA) is 66.0 Å². The summed E-state index contributed by atoms with van der Waals surface area (Å²) < 4.78 is 2.07. The van der Waals surface area contributed by atoms with E-state index >= 15 is 0 Å². The van der Waals surface area contributed by atoms with Crippen LogP contribution in [0.5, 0.6) is 0 Å². The minimum Gasteiger partial charge on any atom is -0.317 e. The molecule has 62 valence electrons. The van der Waals surface area contributed by atoms with E-state index in [1.807, 2.05) is 0 Å². The van der Waals surface area contributed by atoms with E-state index in [0.717, 1.165) is 0 Å². The summed E-state index contributed by atoms with van der Waals surface area (Å²) in [4.78, 5) is 16.3. The zero-order chi connectivity index (χ0) is 8.72. The monoisotopic (exact) mass is 246 g/mol. The number of H-pyrrole nitrogens is 2. The van der Waals surface area contributed by atoms with E-state index in [0.29, 0.717) is 15.0 Å². The first kappa shape index (κ1) is 7.69. The van der Waals surface area contributed by atoms with Crippen molar-refractivity contribution in [1.29, 1.82) is 0 Å². The van der Waals surface area contributed by atoms with Crippen LogP contribution >= 0.6 is 28.1 Å². The Morgan fingerprint density at radius 1 is 1.58 bits per heavy atom. The lowest BCUT2D eigenvalue weighted by atomic mass is 10.7. The van der Waals surface area contributed by atoms with Crippen LogP contribution in [-0.2, 0) is 0 Å². The molecular formula is C5H3BrN4OS. The smallest absolute Gasteiger partial charge is 0.317 e. The van der Waals surface area contributed by atoms with Gasteiger partial charge in [0.1, 0.15) is 10.3 Å². The summed E-state index contributed by atoms with van der Waals surface area (Å²) in [6.45, 7) is 0. The van der Waals surface area contributed by atoms with E-state index in [4.69, 9.17) is 12.2 Å². The number of rotatable bonds is 0. The fourth-order valence-corrected chi connectivity index (χ4v) is 1.46. The number of hydrogen-bond acceptors (Lipinski definition) is 3. The van der Waals surface area contributed by atoms with E-state index < -0.39 is 0 Å². The molecule has 5 nitrogen and oxygen atoms in total. The predicted molar refractivity (Wildman–Crippen MR) is 48.7 cm³/mol. The SMILES string of the molecule is O=c1[nH]c(=S)[nH]c2cc(Br)nn12. The van der Waals surface area contributed by atoms with Crippen LogP contribution in [0.3, 0.4) is 0 Å². The molecule has 0 bridgehead atoms. The molecule has 0 atom stereocenters. The average Bonchev–Trinajstić information content (AvgIpc) is 2.29. The van der Waals surface area contributed by atoms with Gasteiger partial charge in [0, 0.05) is 6.07 Å². The highest BCUT2D eigenvalue weighted by Gasteiger charge is 2.00. The maximum absolute atomic E-state index is 11.2. The minimum absolute atomic E-state index is 0.292. The molecule has 0 aromatic carbocycles. The standard InChI is InChI=1S/C5H3BrN4OS/c6-2-1-3-7-4(12)8-5(11)10(3)9-2/h1H,(H2,7,8,11,12). The Kier molecular flexibility index (Phi) is 1.62. The summed E-state index contributed by atoms with van der Waals surface area (Å²) in [5, 5.41) is 3.87. The second-order valence-corrected chi connectivity index (χ2v) is 3.37. The van der Waals surface area contributed by atoms with Gasteiger partial charge in [-0.15, -0.1) is 0 Å². The van der Waals surface area contributed by atoms with Gasteiger partial charge in [-0.25, -0.2) is 4.79 Å². The highest BCUT2D eigenvalue weighted by atomic mass is 79.9. The first-order valence-corrected chi connectivity index (χ1v) is 4.25. The van der Waals surface area contributed by atoms with E-state index in [-0.39, 0.29) is 5.69 Å². The fraction of sp³-hybridized carbons (Fsp3) is 0. The fourth-order valence-electron chi connectivity index (χ4n) is 0.894. The highest BCUT2D eigenvalue weighted by Crippen LogP contribution is 2.06. The molecule has 2 N–H and O–H groups in total. The average molecular weight is 247 g/mol.